The predicted octanol–water partition coefficient (Wildman–Crippen LogP) is 1.97. The third kappa shape index (κ3) is 5.90. The first-order valence-electron chi connectivity index (χ1n) is 7.38. The molecule has 2 rings (SSSR count). The van der Waals surface area contributed by atoms with Gasteiger partial charge in [-0.2, -0.15) is 18.3 Å². The summed E-state index contributed by atoms with van der Waals surface area (Å²) >= 11 is 1.21. The normalized spacial score (nSPS) is 12.6. The van der Waals surface area contributed by atoms with Gasteiger partial charge in [0.2, 0.25) is 0 Å². The number of rotatable bonds is 5. The summed E-state index contributed by atoms with van der Waals surface area (Å²) in [5, 5.41) is 25.4. The molecule has 136 valence electrons. The molecule has 0 atom stereocenters. The molecule has 0 saturated carbocycles. The number of hydrogen-bond donors (Lipinski definition) is 3. The molecule has 0 spiro atoms. The second kappa shape index (κ2) is 8.88. The average Bonchev–Trinajstić information content (AvgIpc) is 2.60. The van der Waals surface area contributed by atoms with Gasteiger partial charge < -0.3 is 15.8 Å². The fourth-order valence-corrected chi connectivity index (χ4v) is 2.61. The molecular weight excluding hydrogens is 366 g/mol. The van der Waals surface area contributed by atoms with Crippen molar-refractivity contribution in [3.8, 4) is 0 Å². The minimum absolute atomic E-state index is 0.112. The summed E-state index contributed by atoms with van der Waals surface area (Å²) < 4.78 is 39.3. The molecule has 0 unspecified atom stereocenters. The smallest absolute Gasteiger partial charge is 0.423 e. The van der Waals surface area contributed by atoms with Gasteiger partial charge in [0.1, 0.15) is 0 Å². The first-order valence-corrected chi connectivity index (χ1v) is 8.36. The van der Waals surface area contributed by atoms with Crippen molar-refractivity contribution in [2.45, 2.75) is 11.9 Å². The maximum Gasteiger partial charge on any atom is 0.488 e. The third-order valence-corrected chi connectivity index (χ3v) is 4.12. The summed E-state index contributed by atoms with van der Waals surface area (Å²) in [6.45, 7) is 0. The van der Waals surface area contributed by atoms with E-state index in [1.165, 1.54) is 17.8 Å². The van der Waals surface area contributed by atoms with Crippen molar-refractivity contribution < 1.29 is 23.2 Å². The number of amidine groups is 1. The summed E-state index contributed by atoms with van der Waals surface area (Å²) in [5.41, 5.74) is 5.14. The van der Waals surface area contributed by atoms with E-state index in [-0.39, 0.29) is 16.2 Å². The van der Waals surface area contributed by atoms with Crippen molar-refractivity contribution in [1.82, 2.24) is 0 Å². The molecule has 0 radical (unpaired) electrons. The number of hydrogen-bond acceptors (Lipinski definition) is 5. The van der Waals surface area contributed by atoms with E-state index >= 15 is 0 Å². The molecule has 5 nitrogen and oxygen atoms in total. The van der Waals surface area contributed by atoms with Crippen molar-refractivity contribution in [3.05, 3.63) is 65.2 Å². The van der Waals surface area contributed by atoms with Crippen LogP contribution >= 0.6 is 11.8 Å². The zero-order valence-electron chi connectivity index (χ0n) is 13.4. The van der Waals surface area contributed by atoms with Crippen LogP contribution in [0, 0.1) is 0 Å². The zero-order valence-corrected chi connectivity index (χ0v) is 14.2. The minimum Gasteiger partial charge on any atom is -0.423 e. The molecule has 26 heavy (non-hydrogen) atoms. The Morgan fingerprint density at radius 3 is 2.46 bits per heavy atom. The maximum absolute atomic E-state index is 13.1. The highest BCUT2D eigenvalue weighted by atomic mass is 32.2. The Labute approximate surface area is 152 Å². The van der Waals surface area contributed by atoms with Crippen LogP contribution in [0.4, 0.5) is 13.2 Å². The molecule has 0 saturated heterocycles. The van der Waals surface area contributed by atoms with Crippen LogP contribution in [0.3, 0.4) is 0 Å². The van der Waals surface area contributed by atoms with Crippen LogP contribution < -0.4 is 11.2 Å². The first-order chi connectivity index (χ1) is 12.3. The molecular formula is C16H15BF3N3O2S. The Morgan fingerprint density at radius 1 is 1.15 bits per heavy atom. The van der Waals surface area contributed by atoms with E-state index in [0.29, 0.717) is 11.8 Å². The second-order valence-corrected chi connectivity index (χ2v) is 6.17. The van der Waals surface area contributed by atoms with Gasteiger partial charge in [-0.1, -0.05) is 54.2 Å². The lowest BCUT2D eigenvalue weighted by Gasteiger charge is -2.11. The van der Waals surface area contributed by atoms with Gasteiger partial charge in [0, 0.05) is 11.3 Å². The third-order valence-electron chi connectivity index (χ3n) is 3.26. The predicted molar refractivity (Wildman–Crippen MR) is 98.2 cm³/mol. The quantitative estimate of drug-likeness (QED) is 0.320. The minimum atomic E-state index is -4.68. The number of halogens is 3. The highest BCUT2D eigenvalue weighted by Gasteiger charge is 2.34. The Balaban J connectivity index is 2.11. The Morgan fingerprint density at radius 2 is 1.85 bits per heavy atom. The van der Waals surface area contributed by atoms with Crippen LogP contribution in [0.2, 0.25) is 0 Å². The lowest BCUT2D eigenvalue weighted by atomic mass is 9.79. The van der Waals surface area contributed by atoms with Crippen LogP contribution in [0.5, 0.6) is 0 Å². The molecule has 0 bridgehead atoms. The number of nitrogens with two attached hydrogens (primary N) is 1. The molecule has 0 aromatic heterocycles. The SMILES string of the molecule is NC(=NN=Cc1ccc(B(O)O)cc1C(F)(F)F)SCc1ccccc1. The largest absolute Gasteiger partial charge is 0.488 e. The number of benzene rings is 2. The molecule has 0 aliphatic heterocycles. The Hall–Kier alpha value is -2.30. The molecule has 0 fully saturated rings. The van der Waals surface area contributed by atoms with E-state index in [1.807, 2.05) is 30.3 Å². The van der Waals surface area contributed by atoms with Gasteiger partial charge in [-0.05, 0) is 17.1 Å². The van der Waals surface area contributed by atoms with Crippen molar-refractivity contribution in [1.29, 1.82) is 0 Å². The second-order valence-electron chi connectivity index (χ2n) is 5.18. The van der Waals surface area contributed by atoms with Crippen molar-refractivity contribution in [2.75, 3.05) is 0 Å². The summed E-state index contributed by atoms with van der Waals surface area (Å²) in [5.74, 6) is 0.558. The van der Waals surface area contributed by atoms with Crippen molar-refractivity contribution >= 4 is 35.7 Å². The maximum atomic E-state index is 13.1. The van der Waals surface area contributed by atoms with Crippen molar-refractivity contribution in [3.63, 3.8) is 0 Å². The van der Waals surface area contributed by atoms with Crippen LogP contribution in [0.1, 0.15) is 16.7 Å². The Kier molecular flexibility index (Phi) is 6.84. The van der Waals surface area contributed by atoms with Gasteiger partial charge in [-0.25, -0.2) is 0 Å². The molecule has 2 aromatic rings. The standard InChI is InChI=1S/C16H15BF3N3O2S/c18-16(19,20)14-8-13(17(24)25)7-6-12(14)9-22-23-15(21)26-10-11-4-2-1-3-5-11/h1-9,24-25H,10H2,(H2,21,23). The molecule has 10 heteroatoms. The topological polar surface area (TPSA) is 91.2 Å². The fourth-order valence-electron chi connectivity index (χ4n) is 2.00. The van der Waals surface area contributed by atoms with Gasteiger partial charge in [0.15, 0.2) is 5.17 Å². The summed E-state index contributed by atoms with van der Waals surface area (Å²) in [7, 11) is -2.00. The molecule has 0 heterocycles. The monoisotopic (exact) mass is 381 g/mol. The molecule has 0 aliphatic carbocycles. The average molecular weight is 381 g/mol. The van der Waals surface area contributed by atoms with Gasteiger partial charge in [-0.3, -0.25) is 0 Å². The summed E-state index contributed by atoms with van der Waals surface area (Å²) in [6.07, 6.45) is -3.75. The molecule has 2 aromatic carbocycles. The molecule has 0 amide bonds. The van der Waals surface area contributed by atoms with Crippen LogP contribution in [-0.4, -0.2) is 28.5 Å². The number of alkyl halides is 3. The highest BCUT2D eigenvalue weighted by molar-refractivity contribution is 8.13. The van der Waals surface area contributed by atoms with Gasteiger partial charge in [0.25, 0.3) is 0 Å². The van der Waals surface area contributed by atoms with Crippen LogP contribution in [0.25, 0.3) is 0 Å². The fraction of sp³-hybridized carbons (Fsp3) is 0.125. The highest BCUT2D eigenvalue weighted by Crippen LogP contribution is 2.30. The first kappa shape index (κ1) is 20.0. The van der Waals surface area contributed by atoms with E-state index in [9.17, 15) is 13.2 Å². The van der Waals surface area contributed by atoms with E-state index < -0.39 is 18.9 Å². The van der Waals surface area contributed by atoms with Crippen molar-refractivity contribution in [2.24, 2.45) is 15.9 Å². The number of nitrogens with zero attached hydrogens (tertiary/aromatic N) is 2. The number of thioether (sulfide) groups is 1. The van der Waals surface area contributed by atoms with E-state index in [1.54, 1.807) is 0 Å². The molecule has 0 aliphatic rings. The van der Waals surface area contributed by atoms with Crippen LogP contribution in [0.15, 0.2) is 58.7 Å². The Bertz CT molecular complexity index is 799. The van der Waals surface area contributed by atoms with Crippen LogP contribution in [-0.2, 0) is 11.9 Å². The lowest BCUT2D eigenvalue weighted by Crippen LogP contribution is -2.31. The van der Waals surface area contributed by atoms with E-state index in [4.69, 9.17) is 15.8 Å². The van der Waals surface area contributed by atoms with E-state index in [2.05, 4.69) is 10.2 Å². The summed E-state index contributed by atoms with van der Waals surface area (Å²) in [4.78, 5) is 0. The van der Waals surface area contributed by atoms with Gasteiger partial charge in [-0.15, -0.1) is 5.10 Å². The van der Waals surface area contributed by atoms with E-state index in [0.717, 1.165) is 17.8 Å². The molecule has 4 N–H and O–H groups in total. The van der Waals surface area contributed by atoms with Gasteiger partial charge >= 0.3 is 13.3 Å². The lowest BCUT2D eigenvalue weighted by molar-refractivity contribution is -0.137. The van der Waals surface area contributed by atoms with Gasteiger partial charge in [0.05, 0.1) is 11.8 Å². The zero-order chi connectivity index (χ0) is 19.2. The summed E-state index contributed by atoms with van der Waals surface area (Å²) in [6, 6.07) is 12.4.